The number of phenolic OH excluding ortho intramolecular Hbond substituents is 1. The number of nitrogens with one attached hydrogen (secondary N) is 1. The van der Waals surface area contributed by atoms with Crippen LogP contribution in [0, 0.1) is 6.92 Å². The van der Waals surface area contributed by atoms with Crippen molar-refractivity contribution in [3.63, 3.8) is 0 Å². The molecule has 0 aliphatic rings. The van der Waals surface area contributed by atoms with E-state index in [4.69, 9.17) is 5.11 Å². The van der Waals surface area contributed by atoms with Crippen LogP contribution in [-0.2, 0) is 13.1 Å². The van der Waals surface area contributed by atoms with Crippen molar-refractivity contribution < 1.29 is 10.2 Å². The summed E-state index contributed by atoms with van der Waals surface area (Å²) in [5.41, 5.74) is 2.60. The van der Waals surface area contributed by atoms with Gasteiger partial charge in [0.1, 0.15) is 11.5 Å². The number of hydrogen-bond acceptors (Lipinski definition) is 4. The van der Waals surface area contributed by atoms with Gasteiger partial charge in [-0.2, -0.15) is 0 Å². The molecule has 1 aromatic heterocycles. The molecule has 0 saturated heterocycles. The summed E-state index contributed by atoms with van der Waals surface area (Å²) in [7, 11) is 0. The van der Waals surface area contributed by atoms with Crippen LogP contribution in [0.3, 0.4) is 0 Å². The Kier molecular flexibility index (Phi) is 3.79. The number of phenols is 1. The molecule has 1 heterocycles. The largest absolute Gasteiger partial charge is 0.508 e. The molecule has 4 heteroatoms. The lowest BCUT2D eigenvalue weighted by Gasteiger charge is -2.07. The summed E-state index contributed by atoms with van der Waals surface area (Å²) in [6, 6.07) is 10.4. The van der Waals surface area contributed by atoms with Gasteiger partial charge >= 0.3 is 0 Å². The maximum atomic E-state index is 9.63. The van der Waals surface area contributed by atoms with Gasteiger partial charge < -0.3 is 15.5 Å². The molecular formula is C14H16N2O2. The number of nitrogens with zero attached hydrogens (tertiary/aromatic N) is 1. The number of rotatable bonds is 4. The predicted octanol–water partition coefficient (Wildman–Crippen LogP) is 2.09. The summed E-state index contributed by atoms with van der Waals surface area (Å²) in [5, 5.41) is 22.0. The minimum absolute atomic E-state index is 0.207. The summed E-state index contributed by atoms with van der Waals surface area (Å²) in [5.74, 6) is 0.468. The van der Waals surface area contributed by atoms with Crippen LogP contribution < -0.4 is 5.32 Å². The van der Waals surface area contributed by atoms with E-state index in [1.165, 1.54) is 0 Å². The number of hydrogen-bond donors (Lipinski definition) is 3. The number of aromatic hydroxyl groups is 2. The minimum atomic E-state index is 0.207. The van der Waals surface area contributed by atoms with Crippen LogP contribution in [0.25, 0.3) is 0 Å². The van der Waals surface area contributed by atoms with Gasteiger partial charge in [-0.1, -0.05) is 12.1 Å². The Morgan fingerprint density at radius 3 is 2.44 bits per heavy atom. The van der Waals surface area contributed by atoms with Crippen LogP contribution in [0.5, 0.6) is 11.5 Å². The van der Waals surface area contributed by atoms with Gasteiger partial charge in [0, 0.05) is 18.8 Å². The molecule has 4 nitrogen and oxygen atoms in total. The van der Waals surface area contributed by atoms with Crippen LogP contribution >= 0.6 is 0 Å². The summed E-state index contributed by atoms with van der Waals surface area (Å²) in [6.07, 6.45) is 0. The van der Waals surface area contributed by atoms with E-state index in [9.17, 15) is 5.11 Å². The Hall–Kier alpha value is -2.07. The maximum Gasteiger partial charge on any atom is 0.138 e. The Bertz CT molecular complexity index is 524. The smallest absolute Gasteiger partial charge is 0.138 e. The van der Waals surface area contributed by atoms with E-state index in [2.05, 4.69) is 10.3 Å². The van der Waals surface area contributed by atoms with Gasteiger partial charge in [0.2, 0.25) is 0 Å². The lowest BCUT2D eigenvalue weighted by Crippen LogP contribution is -2.14. The third-order valence-electron chi connectivity index (χ3n) is 2.65. The first-order valence-electron chi connectivity index (χ1n) is 5.79. The lowest BCUT2D eigenvalue weighted by atomic mass is 10.2. The molecule has 0 bridgehead atoms. The second kappa shape index (κ2) is 5.51. The van der Waals surface area contributed by atoms with Crippen LogP contribution in [0.4, 0.5) is 0 Å². The molecule has 0 amide bonds. The molecule has 0 spiro atoms. The molecule has 18 heavy (non-hydrogen) atoms. The van der Waals surface area contributed by atoms with Crippen molar-refractivity contribution >= 4 is 0 Å². The fourth-order valence-electron chi connectivity index (χ4n) is 1.67. The normalized spacial score (nSPS) is 10.5. The van der Waals surface area contributed by atoms with Crippen molar-refractivity contribution in [1.29, 1.82) is 0 Å². The van der Waals surface area contributed by atoms with Gasteiger partial charge in [0.25, 0.3) is 0 Å². The van der Waals surface area contributed by atoms with Crippen molar-refractivity contribution in [2.24, 2.45) is 0 Å². The molecule has 0 atom stereocenters. The van der Waals surface area contributed by atoms with E-state index >= 15 is 0 Å². The number of benzene rings is 1. The van der Waals surface area contributed by atoms with E-state index in [-0.39, 0.29) is 11.5 Å². The minimum Gasteiger partial charge on any atom is -0.508 e. The Morgan fingerprint density at radius 1 is 1.00 bits per heavy atom. The molecular weight excluding hydrogens is 228 g/mol. The molecule has 0 saturated carbocycles. The Morgan fingerprint density at radius 2 is 1.72 bits per heavy atom. The van der Waals surface area contributed by atoms with Gasteiger partial charge in [-0.25, -0.2) is 0 Å². The monoisotopic (exact) mass is 244 g/mol. The van der Waals surface area contributed by atoms with Gasteiger partial charge in [0.05, 0.1) is 5.69 Å². The SMILES string of the molecule is Cc1ccc(O)c(CNCc2ccc(O)cc2)n1. The van der Waals surface area contributed by atoms with Crippen molar-refractivity contribution in [3.8, 4) is 11.5 Å². The quantitative estimate of drug-likeness (QED) is 0.770. The van der Waals surface area contributed by atoms with E-state index < -0.39 is 0 Å². The third-order valence-corrected chi connectivity index (χ3v) is 2.65. The zero-order chi connectivity index (χ0) is 13.0. The number of aryl methyl sites for hydroxylation is 1. The highest BCUT2D eigenvalue weighted by Gasteiger charge is 2.02. The molecule has 0 aliphatic heterocycles. The highest BCUT2D eigenvalue weighted by Crippen LogP contribution is 2.14. The molecule has 0 aliphatic carbocycles. The fourth-order valence-corrected chi connectivity index (χ4v) is 1.67. The highest BCUT2D eigenvalue weighted by molar-refractivity contribution is 5.28. The highest BCUT2D eigenvalue weighted by atomic mass is 16.3. The first-order valence-corrected chi connectivity index (χ1v) is 5.79. The zero-order valence-electron chi connectivity index (χ0n) is 10.2. The number of aromatic nitrogens is 1. The van der Waals surface area contributed by atoms with Crippen molar-refractivity contribution in [2.75, 3.05) is 0 Å². The van der Waals surface area contributed by atoms with Gasteiger partial charge in [-0.15, -0.1) is 0 Å². The topological polar surface area (TPSA) is 65.4 Å². The van der Waals surface area contributed by atoms with E-state index in [1.807, 2.05) is 19.1 Å². The standard InChI is InChI=1S/C14H16N2O2/c1-10-2-7-14(18)13(16-10)9-15-8-11-3-5-12(17)6-4-11/h2-7,15,17-18H,8-9H2,1H3. The fraction of sp³-hybridized carbons (Fsp3) is 0.214. The molecule has 0 fully saturated rings. The van der Waals surface area contributed by atoms with Crippen LogP contribution in [0.2, 0.25) is 0 Å². The van der Waals surface area contributed by atoms with Crippen molar-refractivity contribution in [3.05, 3.63) is 53.3 Å². The van der Waals surface area contributed by atoms with Gasteiger partial charge in [0.15, 0.2) is 0 Å². The van der Waals surface area contributed by atoms with Gasteiger partial charge in [-0.05, 0) is 36.8 Å². The average molecular weight is 244 g/mol. The van der Waals surface area contributed by atoms with Crippen LogP contribution in [-0.4, -0.2) is 15.2 Å². The summed E-state index contributed by atoms with van der Waals surface area (Å²) < 4.78 is 0. The predicted molar refractivity (Wildman–Crippen MR) is 69.3 cm³/mol. The maximum absolute atomic E-state index is 9.63. The molecule has 1 aromatic carbocycles. The third kappa shape index (κ3) is 3.21. The first kappa shape index (κ1) is 12.4. The second-order valence-corrected chi connectivity index (χ2v) is 4.19. The molecule has 0 radical (unpaired) electrons. The summed E-state index contributed by atoms with van der Waals surface area (Å²) >= 11 is 0. The lowest BCUT2D eigenvalue weighted by molar-refractivity contribution is 0.459. The molecule has 2 aromatic rings. The average Bonchev–Trinajstić information content (AvgIpc) is 2.36. The van der Waals surface area contributed by atoms with E-state index in [1.54, 1.807) is 24.3 Å². The van der Waals surface area contributed by atoms with Crippen molar-refractivity contribution in [1.82, 2.24) is 10.3 Å². The summed E-state index contributed by atoms with van der Waals surface area (Å²) in [6.45, 7) is 3.06. The van der Waals surface area contributed by atoms with E-state index in [0.29, 0.717) is 18.8 Å². The molecule has 0 unspecified atom stereocenters. The Labute approximate surface area is 106 Å². The van der Waals surface area contributed by atoms with Crippen molar-refractivity contribution in [2.45, 2.75) is 20.0 Å². The number of pyridine rings is 1. The van der Waals surface area contributed by atoms with E-state index in [0.717, 1.165) is 11.3 Å². The first-order chi connectivity index (χ1) is 8.65. The molecule has 2 rings (SSSR count). The zero-order valence-corrected chi connectivity index (χ0v) is 10.2. The van der Waals surface area contributed by atoms with Gasteiger partial charge in [-0.3, -0.25) is 4.98 Å². The second-order valence-electron chi connectivity index (χ2n) is 4.19. The summed E-state index contributed by atoms with van der Waals surface area (Å²) in [4.78, 5) is 4.27. The molecule has 3 N–H and O–H groups in total. The van der Waals surface area contributed by atoms with Crippen LogP contribution in [0.15, 0.2) is 36.4 Å². The molecule has 94 valence electrons. The van der Waals surface area contributed by atoms with Crippen LogP contribution in [0.1, 0.15) is 17.0 Å². The Balaban J connectivity index is 1.92.